The third kappa shape index (κ3) is 4.10. The number of benzene rings is 1. The number of rotatable bonds is 8. The highest BCUT2D eigenvalue weighted by atomic mass is 16.7. The number of ether oxygens (including phenoxy) is 3. The van der Waals surface area contributed by atoms with Gasteiger partial charge in [-0.2, -0.15) is 0 Å². The molecule has 0 saturated carbocycles. The first-order chi connectivity index (χ1) is 13.5. The highest BCUT2D eigenvalue weighted by Crippen LogP contribution is 2.38. The number of carbonyl (C=O) groups is 1. The van der Waals surface area contributed by atoms with E-state index in [4.69, 9.17) is 14.2 Å². The maximum atomic E-state index is 13.2. The molecule has 0 N–H and O–H groups in total. The molecule has 28 heavy (non-hydrogen) atoms. The lowest BCUT2D eigenvalue weighted by Gasteiger charge is -2.33. The normalized spacial score (nSPS) is 16.0. The molecular formula is C19H21N3O6. The van der Waals surface area contributed by atoms with Crippen LogP contribution in [0, 0.1) is 10.1 Å². The Bertz CT molecular complexity index is 839. The number of carbonyl (C=O) groups excluding carboxylic acids is 1. The number of hydrogen-bond acceptors (Lipinski definition) is 7. The molecule has 0 spiro atoms. The van der Waals surface area contributed by atoms with Crippen molar-refractivity contribution in [3.63, 3.8) is 0 Å². The second-order valence-electron chi connectivity index (χ2n) is 5.95. The van der Waals surface area contributed by atoms with Crippen LogP contribution in [-0.4, -0.2) is 41.9 Å². The van der Waals surface area contributed by atoms with Crippen molar-refractivity contribution in [3.8, 4) is 5.75 Å². The fourth-order valence-corrected chi connectivity index (χ4v) is 2.93. The first-order valence-corrected chi connectivity index (χ1v) is 8.96. The summed E-state index contributed by atoms with van der Waals surface area (Å²) >= 11 is 0. The number of anilines is 1. The molecule has 9 heteroatoms. The van der Waals surface area contributed by atoms with Crippen LogP contribution in [0.1, 0.15) is 25.5 Å². The largest absolute Gasteiger partial charge is 0.469 e. The van der Waals surface area contributed by atoms with E-state index in [1.54, 1.807) is 12.1 Å². The number of amides is 1. The summed E-state index contributed by atoms with van der Waals surface area (Å²) in [6.45, 7) is 4.45. The van der Waals surface area contributed by atoms with E-state index in [9.17, 15) is 14.9 Å². The molecule has 1 aliphatic heterocycles. The van der Waals surface area contributed by atoms with Crippen LogP contribution < -0.4 is 9.64 Å². The average molecular weight is 387 g/mol. The van der Waals surface area contributed by atoms with E-state index in [1.165, 1.54) is 17.0 Å². The van der Waals surface area contributed by atoms with Gasteiger partial charge in [-0.3, -0.25) is 9.69 Å². The summed E-state index contributed by atoms with van der Waals surface area (Å²) < 4.78 is 16.9. The summed E-state index contributed by atoms with van der Waals surface area (Å²) in [7, 11) is 0. The molecule has 0 saturated heterocycles. The smallest absolute Gasteiger partial charge is 0.366 e. The average Bonchev–Trinajstić information content (AvgIpc) is 2.70. The lowest BCUT2D eigenvalue weighted by Crippen LogP contribution is -2.46. The number of pyridine rings is 1. The fourth-order valence-electron chi connectivity index (χ4n) is 2.93. The zero-order chi connectivity index (χ0) is 20.1. The van der Waals surface area contributed by atoms with Crippen LogP contribution in [0.15, 0.2) is 42.5 Å². The van der Waals surface area contributed by atoms with Gasteiger partial charge >= 0.3 is 5.82 Å². The minimum Gasteiger partial charge on any atom is -0.469 e. The van der Waals surface area contributed by atoms with Crippen LogP contribution in [0.4, 0.5) is 11.6 Å². The Morgan fingerprint density at radius 2 is 1.86 bits per heavy atom. The molecule has 1 unspecified atom stereocenters. The molecule has 1 aliphatic rings. The minimum atomic E-state index is -0.888. The zero-order valence-electron chi connectivity index (χ0n) is 15.6. The lowest BCUT2D eigenvalue weighted by atomic mass is 10.1. The van der Waals surface area contributed by atoms with Crippen LogP contribution in [0.25, 0.3) is 0 Å². The number of nitro groups is 1. The Labute approximate surface area is 162 Å². The summed E-state index contributed by atoms with van der Waals surface area (Å²) in [6.07, 6.45) is -1.58. The van der Waals surface area contributed by atoms with Crippen LogP contribution in [0.5, 0.6) is 5.75 Å². The van der Waals surface area contributed by atoms with Gasteiger partial charge in [-0.1, -0.05) is 30.3 Å². The van der Waals surface area contributed by atoms with Gasteiger partial charge in [0.05, 0.1) is 6.54 Å². The maximum Gasteiger partial charge on any atom is 0.366 e. The molecule has 0 aliphatic carbocycles. The van der Waals surface area contributed by atoms with E-state index < -0.39 is 23.2 Å². The van der Waals surface area contributed by atoms with E-state index in [0.717, 1.165) is 0 Å². The minimum absolute atomic E-state index is 0.0361. The fraction of sp³-hybridized carbons (Fsp3) is 0.368. The maximum absolute atomic E-state index is 13.2. The molecule has 1 amide bonds. The number of nitrogens with zero attached hydrogens (tertiary/aromatic N) is 3. The van der Waals surface area contributed by atoms with Crippen LogP contribution >= 0.6 is 0 Å². The van der Waals surface area contributed by atoms with E-state index in [2.05, 4.69) is 4.98 Å². The quantitative estimate of drug-likeness (QED) is 0.390. The third-order valence-electron chi connectivity index (χ3n) is 4.14. The summed E-state index contributed by atoms with van der Waals surface area (Å²) in [4.78, 5) is 29.1. The molecule has 1 aromatic heterocycles. The lowest BCUT2D eigenvalue weighted by molar-refractivity contribution is -0.389. The van der Waals surface area contributed by atoms with Gasteiger partial charge in [-0.25, -0.2) is 0 Å². The van der Waals surface area contributed by atoms with Crippen molar-refractivity contribution in [2.24, 2.45) is 0 Å². The molecule has 0 fully saturated rings. The zero-order valence-corrected chi connectivity index (χ0v) is 15.6. The van der Waals surface area contributed by atoms with Crippen molar-refractivity contribution in [2.75, 3.05) is 24.7 Å². The predicted molar refractivity (Wildman–Crippen MR) is 100 cm³/mol. The monoisotopic (exact) mass is 387 g/mol. The van der Waals surface area contributed by atoms with E-state index in [-0.39, 0.29) is 23.9 Å². The molecule has 2 aromatic rings. The Balaban J connectivity index is 2.01. The molecule has 1 aromatic carbocycles. The second-order valence-corrected chi connectivity index (χ2v) is 5.95. The van der Waals surface area contributed by atoms with Gasteiger partial charge in [0.15, 0.2) is 12.0 Å². The summed E-state index contributed by atoms with van der Waals surface area (Å²) in [5.41, 5.74) is 0.672. The van der Waals surface area contributed by atoms with Gasteiger partial charge in [0.2, 0.25) is 6.10 Å². The Morgan fingerprint density at radius 3 is 2.46 bits per heavy atom. The number of hydrogen-bond donors (Lipinski definition) is 0. The van der Waals surface area contributed by atoms with Crippen molar-refractivity contribution >= 4 is 17.5 Å². The van der Waals surface area contributed by atoms with Crippen LogP contribution in [0.3, 0.4) is 0 Å². The highest BCUT2D eigenvalue weighted by molar-refractivity contribution is 5.99. The molecule has 3 rings (SSSR count). The third-order valence-corrected chi connectivity index (χ3v) is 4.14. The Morgan fingerprint density at radius 1 is 1.18 bits per heavy atom. The Hall–Kier alpha value is -3.04. The first kappa shape index (κ1) is 19.7. The summed E-state index contributed by atoms with van der Waals surface area (Å²) in [6, 6.07) is 11.7. The molecule has 0 radical (unpaired) electrons. The van der Waals surface area contributed by atoms with Gasteiger partial charge in [0, 0.05) is 24.8 Å². The second kappa shape index (κ2) is 8.77. The van der Waals surface area contributed by atoms with Gasteiger partial charge < -0.3 is 24.3 Å². The van der Waals surface area contributed by atoms with E-state index in [1.807, 2.05) is 32.0 Å². The number of aromatic nitrogens is 1. The molecule has 9 nitrogen and oxygen atoms in total. The SMILES string of the molecule is CCOC(CN1C(=O)C(c2ccccc2)Oc2ccc([N+](=O)[O-])nc21)OCC. The van der Waals surface area contributed by atoms with Crippen LogP contribution in [0.2, 0.25) is 0 Å². The Kier molecular flexibility index (Phi) is 6.17. The van der Waals surface area contributed by atoms with Crippen LogP contribution in [-0.2, 0) is 14.3 Å². The van der Waals surface area contributed by atoms with E-state index >= 15 is 0 Å². The van der Waals surface area contributed by atoms with Crippen molar-refractivity contribution in [2.45, 2.75) is 26.2 Å². The van der Waals surface area contributed by atoms with Gasteiger partial charge in [-0.05, 0) is 29.8 Å². The van der Waals surface area contributed by atoms with Gasteiger partial charge in [0.25, 0.3) is 11.7 Å². The standard InChI is InChI=1S/C19H21N3O6/c1-3-26-16(27-4-2)12-21-18-14(10-11-15(20-18)22(24)25)28-17(19(21)23)13-8-6-5-7-9-13/h5-11,16-17H,3-4,12H2,1-2H3. The summed E-state index contributed by atoms with van der Waals surface area (Å²) in [5.74, 6) is -0.402. The molecule has 0 bridgehead atoms. The van der Waals surface area contributed by atoms with Crippen molar-refractivity contribution in [1.82, 2.24) is 4.98 Å². The van der Waals surface area contributed by atoms with Crippen molar-refractivity contribution < 1.29 is 23.9 Å². The molecule has 1 atom stereocenters. The molecule has 2 heterocycles. The van der Waals surface area contributed by atoms with Gasteiger partial charge in [0.1, 0.15) is 0 Å². The summed E-state index contributed by atoms with van der Waals surface area (Å²) in [5, 5.41) is 11.1. The van der Waals surface area contributed by atoms with Crippen molar-refractivity contribution in [1.29, 1.82) is 0 Å². The van der Waals surface area contributed by atoms with E-state index in [0.29, 0.717) is 18.8 Å². The first-order valence-electron chi connectivity index (χ1n) is 8.96. The van der Waals surface area contributed by atoms with Crippen molar-refractivity contribution in [3.05, 3.63) is 58.1 Å². The molecule has 148 valence electrons. The number of fused-ring (bicyclic) bond motifs is 1. The topological polar surface area (TPSA) is 104 Å². The van der Waals surface area contributed by atoms with Gasteiger partial charge in [-0.15, -0.1) is 0 Å². The predicted octanol–water partition coefficient (Wildman–Crippen LogP) is 2.86. The highest BCUT2D eigenvalue weighted by Gasteiger charge is 2.41. The molecular weight excluding hydrogens is 366 g/mol.